The van der Waals surface area contributed by atoms with Gasteiger partial charge in [-0.2, -0.15) is 4.99 Å². The molecule has 0 heterocycles. The molecule has 0 saturated heterocycles. The number of nitrogens with zero attached hydrogens (tertiary/aromatic N) is 1. The second-order valence-corrected chi connectivity index (χ2v) is 2.02. The summed E-state index contributed by atoms with van der Waals surface area (Å²) < 4.78 is 0. The molecule has 0 aliphatic carbocycles. The lowest BCUT2D eigenvalue weighted by atomic mass is 10.1. The Balaban J connectivity index is 3.71. The maximum atomic E-state index is 9.58. The first kappa shape index (κ1) is 8.34. The molecule has 0 saturated carbocycles. The number of aliphatic imine (C=N–C) groups is 1. The third-order valence-corrected chi connectivity index (χ3v) is 1.34. The fourth-order valence-electron chi connectivity index (χ4n) is 0.392. The average Bonchev–Trinajstić information content (AvgIpc) is 1.87. The van der Waals surface area contributed by atoms with Crippen molar-refractivity contribution in [2.45, 2.75) is 26.5 Å². The SMILES string of the molecule is CCC(C)C(O)N=C=O. The number of carbonyl (C=O) groups excluding carboxylic acids is 1. The lowest BCUT2D eigenvalue weighted by Crippen LogP contribution is -2.13. The summed E-state index contributed by atoms with van der Waals surface area (Å²) in [5.74, 6) is 0.0476. The molecule has 0 aliphatic rings. The Morgan fingerprint density at radius 3 is 2.67 bits per heavy atom. The summed E-state index contributed by atoms with van der Waals surface area (Å²) in [5, 5.41) is 8.89. The Hall–Kier alpha value is -0.660. The molecule has 0 radical (unpaired) electrons. The minimum absolute atomic E-state index is 0.0476. The highest BCUT2D eigenvalue weighted by Crippen LogP contribution is 2.06. The Kier molecular flexibility index (Phi) is 3.93. The van der Waals surface area contributed by atoms with Crippen molar-refractivity contribution in [3.63, 3.8) is 0 Å². The van der Waals surface area contributed by atoms with Gasteiger partial charge in [0.2, 0.25) is 6.08 Å². The highest BCUT2D eigenvalue weighted by Gasteiger charge is 2.08. The standard InChI is InChI=1S/C6H11NO2/c1-3-5(2)6(9)7-4-8/h5-6,9H,3H2,1-2H3. The minimum atomic E-state index is -0.868. The van der Waals surface area contributed by atoms with Crippen LogP contribution in [0.3, 0.4) is 0 Å². The maximum absolute atomic E-state index is 9.58. The summed E-state index contributed by atoms with van der Waals surface area (Å²) in [6, 6.07) is 0. The van der Waals surface area contributed by atoms with Gasteiger partial charge < -0.3 is 5.11 Å². The molecule has 1 N–H and O–H groups in total. The molecular formula is C6H11NO2. The van der Waals surface area contributed by atoms with Gasteiger partial charge in [-0.15, -0.1) is 0 Å². The molecule has 0 rings (SSSR count). The molecule has 0 aromatic carbocycles. The number of hydrogen-bond acceptors (Lipinski definition) is 3. The van der Waals surface area contributed by atoms with E-state index >= 15 is 0 Å². The molecule has 9 heavy (non-hydrogen) atoms. The quantitative estimate of drug-likeness (QED) is 0.450. The molecule has 52 valence electrons. The molecule has 3 heteroatoms. The van der Waals surface area contributed by atoms with Crippen LogP contribution in [0.1, 0.15) is 20.3 Å². The third kappa shape index (κ3) is 3.01. The van der Waals surface area contributed by atoms with Gasteiger partial charge in [0.15, 0.2) is 6.23 Å². The van der Waals surface area contributed by atoms with E-state index in [1.54, 1.807) is 0 Å². The van der Waals surface area contributed by atoms with Gasteiger partial charge >= 0.3 is 0 Å². The van der Waals surface area contributed by atoms with Crippen LogP contribution in [0.25, 0.3) is 0 Å². The molecule has 2 atom stereocenters. The fraction of sp³-hybridized carbons (Fsp3) is 0.833. The second kappa shape index (κ2) is 4.24. The largest absolute Gasteiger partial charge is 0.371 e. The maximum Gasteiger partial charge on any atom is 0.237 e. The molecule has 0 amide bonds. The van der Waals surface area contributed by atoms with Crippen LogP contribution in [-0.4, -0.2) is 17.4 Å². The van der Waals surface area contributed by atoms with Crippen molar-refractivity contribution in [2.24, 2.45) is 10.9 Å². The molecule has 2 unspecified atom stereocenters. The van der Waals surface area contributed by atoms with Crippen LogP contribution in [0.5, 0.6) is 0 Å². The van der Waals surface area contributed by atoms with Gasteiger partial charge in [-0.25, -0.2) is 4.79 Å². The van der Waals surface area contributed by atoms with E-state index in [2.05, 4.69) is 4.99 Å². The Morgan fingerprint density at radius 2 is 2.33 bits per heavy atom. The number of aliphatic hydroxyl groups is 1. The predicted molar refractivity (Wildman–Crippen MR) is 33.6 cm³/mol. The molecule has 0 aromatic heterocycles. The van der Waals surface area contributed by atoms with E-state index < -0.39 is 6.23 Å². The van der Waals surface area contributed by atoms with E-state index in [-0.39, 0.29) is 5.92 Å². The van der Waals surface area contributed by atoms with E-state index in [0.29, 0.717) is 0 Å². The van der Waals surface area contributed by atoms with Crippen molar-refractivity contribution < 1.29 is 9.90 Å². The number of aliphatic hydroxyl groups excluding tert-OH is 1. The van der Waals surface area contributed by atoms with Crippen molar-refractivity contribution in [1.82, 2.24) is 0 Å². The van der Waals surface area contributed by atoms with Crippen LogP contribution in [0.4, 0.5) is 0 Å². The van der Waals surface area contributed by atoms with Crippen LogP contribution in [0, 0.1) is 5.92 Å². The monoisotopic (exact) mass is 129 g/mol. The summed E-state index contributed by atoms with van der Waals surface area (Å²) in [7, 11) is 0. The van der Waals surface area contributed by atoms with E-state index in [1.165, 1.54) is 6.08 Å². The molecule has 0 bridgehead atoms. The molecular weight excluding hydrogens is 118 g/mol. The predicted octanol–water partition coefficient (Wildman–Crippen LogP) is 0.687. The van der Waals surface area contributed by atoms with Gasteiger partial charge in [0.05, 0.1) is 0 Å². The van der Waals surface area contributed by atoms with Crippen molar-refractivity contribution in [3.8, 4) is 0 Å². The molecule has 0 fully saturated rings. The third-order valence-electron chi connectivity index (χ3n) is 1.34. The van der Waals surface area contributed by atoms with Crippen LogP contribution < -0.4 is 0 Å². The zero-order chi connectivity index (χ0) is 7.28. The van der Waals surface area contributed by atoms with Gasteiger partial charge in [-0.05, 0) is 6.42 Å². The van der Waals surface area contributed by atoms with Crippen LogP contribution in [0.15, 0.2) is 4.99 Å². The Bertz CT molecular complexity index is 118. The highest BCUT2D eigenvalue weighted by molar-refractivity contribution is 5.33. The molecule has 3 nitrogen and oxygen atoms in total. The highest BCUT2D eigenvalue weighted by atomic mass is 16.3. The van der Waals surface area contributed by atoms with E-state index in [4.69, 9.17) is 5.11 Å². The number of hydrogen-bond donors (Lipinski definition) is 1. The van der Waals surface area contributed by atoms with Gasteiger partial charge in [0, 0.05) is 5.92 Å². The minimum Gasteiger partial charge on any atom is -0.371 e. The first-order valence-corrected chi connectivity index (χ1v) is 2.97. The Morgan fingerprint density at radius 1 is 1.78 bits per heavy atom. The number of rotatable bonds is 3. The van der Waals surface area contributed by atoms with Crippen molar-refractivity contribution in [1.29, 1.82) is 0 Å². The topological polar surface area (TPSA) is 49.7 Å². The summed E-state index contributed by atoms with van der Waals surface area (Å²) in [6.45, 7) is 3.75. The summed E-state index contributed by atoms with van der Waals surface area (Å²) in [6.07, 6.45) is 1.25. The summed E-state index contributed by atoms with van der Waals surface area (Å²) >= 11 is 0. The fourth-order valence-corrected chi connectivity index (χ4v) is 0.392. The van der Waals surface area contributed by atoms with Crippen LogP contribution in [-0.2, 0) is 4.79 Å². The van der Waals surface area contributed by atoms with Crippen LogP contribution in [0.2, 0.25) is 0 Å². The van der Waals surface area contributed by atoms with E-state index in [0.717, 1.165) is 6.42 Å². The molecule has 0 aliphatic heterocycles. The first-order chi connectivity index (χ1) is 4.22. The van der Waals surface area contributed by atoms with Crippen LogP contribution >= 0.6 is 0 Å². The smallest absolute Gasteiger partial charge is 0.237 e. The lowest BCUT2D eigenvalue weighted by Gasteiger charge is -2.08. The molecule has 0 spiro atoms. The van der Waals surface area contributed by atoms with Crippen molar-refractivity contribution in [2.75, 3.05) is 0 Å². The molecule has 0 aromatic rings. The lowest BCUT2D eigenvalue weighted by molar-refractivity contribution is 0.123. The summed E-state index contributed by atoms with van der Waals surface area (Å²) in [4.78, 5) is 12.7. The van der Waals surface area contributed by atoms with Gasteiger partial charge in [-0.1, -0.05) is 13.8 Å². The van der Waals surface area contributed by atoms with Gasteiger partial charge in [0.25, 0.3) is 0 Å². The second-order valence-electron chi connectivity index (χ2n) is 2.02. The average molecular weight is 129 g/mol. The first-order valence-electron chi connectivity index (χ1n) is 2.97. The zero-order valence-electron chi connectivity index (χ0n) is 5.66. The van der Waals surface area contributed by atoms with Gasteiger partial charge in [-0.3, -0.25) is 0 Å². The summed E-state index contributed by atoms with van der Waals surface area (Å²) in [5.41, 5.74) is 0. The van der Waals surface area contributed by atoms with E-state index in [9.17, 15) is 4.79 Å². The van der Waals surface area contributed by atoms with Gasteiger partial charge in [0.1, 0.15) is 0 Å². The zero-order valence-corrected chi connectivity index (χ0v) is 5.66. The van der Waals surface area contributed by atoms with E-state index in [1.807, 2.05) is 13.8 Å². The van der Waals surface area contributed by atoms with Crippen molar-refractivity contribution >= 4 is 6.08 Å². The number of isocyanates is 1. The Labute approximate surface area is 54.4 Å². The normalized spacial score (nSPS) is 15.9. The van der Waals surface area contributed by atoms with Crippen molar-refractivity contribution in [3.05, 3.63) is 0 Å².